The second-order valence-corrected chi connectivity index (χ2v) is 2.95. The maximum atomic E-state index is 11.4. The second kappa shape index (κ2) is 6.12. The molecule has 0 radical (unpaired) electrons. The van der Waals surface area contributed by atoms with Crippen LogP contribution in [0.25, 0.3) is 16.5 Å². The Morgan fingerprint density at radius 3 is 2.83 bits per heavy atom. The third-order valence-electron chi connectivity index (χ3n) is 1.75. The smallest absolute Gasteiger partial charge is 0.371 e. The van der Waals surface area contributed by atoms with Crippen LogP contribution in [0.5, 0.6) is 0 Å². The summed E-state index contributed by atoms with van der Waals surface area (Å²) in [5.41, 5.74) is 8.00. The standard InChI is InChI=1S/C10H9N3O5/c1-2-17-10(16)7(12-13-11)5-6-3-4-8(18-6)9(14)15/h3-5H,2H2,1H3,(H,14,15). The highest BCUT2D eigenvalue weighted by atomic mass is 16.5. The molecule has 18 heavy (non-hydrogen) atoms. The van der Waals surface area contributed by atoms with Crippen molar-refractivity contribution in [2.75, 3.05) is 6.61 Å². The van der Waals surface area contributed by atoms with Gasteiger partial charge in [-0.05, 0) is 30.7 Å². The fourth-order valence-electron chi connectivity index (χ4n) is 1.06. The number of azide groups is 1. The minimum Gasteiger partial charge on any atom is -0.475 e. The molecule has 8 heteroatoms. The van der Waals surface area contributed by atoms with Gasteiger partial charge in [-0.3, -0.25) is 0 Å². The molecule has 0 spiro atoms. The number of hydrogen-bond acceptors (Lipinski definition) is 5. The van der Waals surface area contributed by atoms with E-state index in [2.05, 4.69) is 14.8 Å². The van der Waals surface area contributed by atoms with Crippen molar-refractivity contribution in [2.45, 2.75) is 6.92 Å². The summed E-state index contributed by atoms with van der Waals surface area (Å²) in [7, 11) is 0. The highest BCUT2D eigenvalue weighted by molar-refractivity contribution is 5.93. The molecule has 0 saturated carbocycles. The van der Waals surface area contributed by atoms with Gasteiger partial charge in [-0.2, -0.15) is 0 Å². The zero-order valence-corrected chi connectivity index (χ0v) is 9.36. The predicted octanol–water partition coefficient (Wildman–Crippen LogP) is 2.19. The van der Waals surface area contributed by atoms with E-state index in [1.807, 2.05) is 0 Å². The number of esters is 1. The lowest BCUT2D eigenvalue weighted by molar-refractivity contribution is -0.138. The van der Waals surface area contributed by atoms with Crippen LogP contribution in [0.3, 0.4) is 0 Å². The first-order valence-electron chi connectivity index (χ1n) is 4.85. The van der Waals surface area contributed by atoms with Crippen molar-refractivity contribution in [1.29, 1.82) is 0 Å². The molecule has 0 fully saturated rings. The second-order valence-electron chi connectivity index (χ2n) is 2.95. The number of carbonyl (C=O) groups is 2. The van der Waals surface area contributed by atoms with Gasteiger partial charge in [-0.1, -0.05) is 5.11 Å². The molecule has 94 valence electrons. The number of carboxylic acids is 1. The third kappa shape index (κ3) is 3.39. The molecule has 0 atom stereocenters. The minimum absolute atomic E-state index is 0.0721. The molecule has 0 aliphatic heterocycles. The Balaban J connectivity index is 3.03. The molecular weight excluding hydrogens is 242 g/mol. The number of carbonyl (C=O) groups excluding carboxylic acids is 1. The number of aromatic carboxylic acids is 1. The summed E-state index contributed by atoms with van der Waals surface area (Å²) in [6, 6.07) is 2.54. The van der Waals surface area contributed by atoms with Crippen LogP contribution >= 0.6 is 0 Å². The summed E-state index contributed by atoms with van der Waals surface area (Å²) in [4.78, 5) is 24.4. The highest BCUT2D eigenvalue weighted by Crippen LogP contribution is 2.14. The van der Waals surface area contributed by atoms with Gasteiger partial charge < -0.3 is 14.3 Å². The number of hydrogen-bond donors (Lipinski definition) is 1. The monoisotopic (exact) mass is 251 g/mol. The Hall–Kier alpha value is -2.73. The fraction of sp³-hybridized carbons (Fsp3) is 0.200. The molecule has 0 aromatic carbocycles. The van der Waals surface area contributed by atoms with Crippen molar-refractivity contribution in [3.63, 3.8) is 0 Å². The first kappa shape index (κ1) is 13.3. The van der Waals surface area contributed by atoms with Gasteiger partial charge in [0.05, 0.1) is 6.61 Å². The zero-order chi connectivity index (χ0) is 13.5. The number of nitrogens with zero attached hydrogens (tertiary/aromatic N) is 3. The quantitative estimate of drug-likeness (QED) is 0.282. The highest BCUT2D eigenvalue weighted by Gasteiger charge is 2.12. The van der Waals surface area contributed by atoms with Gasteiger partial charge >= 0.3 is 11.9 Å². The maximum Gasteiger partial charge on any atom is 0.371 e. The summed E-state index contributed by atoms with van der Waals surface area (Å²) in [5.74, 6) is -2.27. The van der Waals surface area contributed by atoms with Gasteiger partial charge in [0.25, 0.3) is 0 Å². The minimum atomic E-state index is -1.24. The van der Waals surface area contributed by atoms with E-state index >= 15 is 0 Å². The molecular formula is C10H9N3O5. The van der Waals surface area contributed by atoms with Gasteiger partial charge in [0.1, 0.15) is 11.5 Å². The van der Waals surface area contributed by atoms with E-state index in [-0.39, 0.29) is 23.8 Å². The van der Waals surface area contributed by atoms with Crippen LogP contribution in [0.1, 0.15) is 23.2 Å². The van der Waals surface area contributed by atoms with Gasteiger partial charge in [0.15, 0.2) is 0 Å². The summed E-state index contributed by atoms with van der Waals surface area (Å²) in [5, 5.41) is 11.8. The van der Waals surface area contributed by atoms with E-state index in [1.165, 1.54) is 12.1 Å². The first-order valence-corrected chi connectivity index (χ1v) is 4.85. The van der Waals surface area contributed by atoms with Crippen molar-refractivity contribution >= 4 is 18.0 Å². The van der Waals surface area contributed by atoms with Crippen LogP contribution in [0.2, 0.25) is 0 Å². The van der Waals surface area contributed by atoms with E-state index in [0.29, 0.717) is 0 Å². The van der Waals surface area contributed by atoms with Crippen LogP contribution in [-0.4, -0.2) is 23.7 Å². The number of carboxylic acid groups (broad SMARTS) is 1. The summed E-state index contributed by atoms with van der Waals surface area (Å²) < 4.78 is 9.54. The Labute approximate surface area is 101 Å². The SMILES string of the molecule is CCOC(=O)C(=Cc1ccc(C(=O)O)o1)N=[N+]=[N-]. The average Bonchev–Trinajstić information content (AvgIpc) is 2.77. The maximum absolute atomic E-state index is 11.4. The largest absolute Gasteiger partial charge is 0.475 e. The van der Waals surface area contributed by atoms with Crippen LogP contribution in [-0.2, 0) is 9.53 Å². The first-order chi connectivity index (χ1) is 8.58. The molecule has 1 aromatic rings. The van der Waals surface area contributed by atoms with Crippen molar-refractivity contribution in [3.05, 3.63) is 39.8 Å². The predicted molar refractivity (Wildman–Crippen MR) is 59.4 cm³/mol. The molecule has 1 N–H and O–H groups in total. The van der Waals surface area contributed by atoms with Crippen LogP contribution in [0.4, 0.5) is 0 Å². The molecule has 0 unspecified atom stereocenters. The van der Waals surface area contributed by atoms with E-state index in [4.69, 9.17) is 15.1 Å². The van der Waals surface area contributed by atoms with Gasteiger partial charge in [-0.25, -0.2) is 9.59 Å². The summed E-state index contributed by atoms with van der Waals surface area (Å²) in [6.45, 7) is 1.72. The van der Waals surface area contributed by atoms with Gasteiger partial charge in [0, 0.05) is 4.91 Å². The van der Waals surface area contributed by atoms with Gasteiger partial charge in [-0.15, -0.1) is 0 Å². The lowest BCUT2D eigenvalue weighted by Gasteiger charge is -1.99. The molecule has 0 bridgehead atoms. The Morgan fingerprint density at radius 1 is 1.61 bits per heavy atom. The molecule has 1 rings (SSSR count). The van der Waals surface area contributed by atoms with E-state index in [0.717, 1.165) is 6.08 Å². The Kier molecular flexibility index (Phi) is 4.53. The van der Waals surface area contributed by atoms with E-state index < -0.39 is 11.9 Å². The fourth-order valence-corrected chi connectivity index (χ4v) is 1.06. The molecule has 1 aromatic heterocycles. The lowest BCUT2D eigenvalue weighted by atomic mass is 10.3. The lowest BCUT2D eigenvalue weighted by Crippen LogP contribution is -2.05. The Morgan fingerprint density at radius 2 is 2.33 bits per heavy atom. The normalized spacial score (nSPS) is 10.6. The number of rotatable bonds is 5. The van der Waals surface area contributed by atoms with Crippen LogP contribution < -0.4 is 0 Å². The molecule has 8 nitrogen and oxygen atoms in total. The average molecular weight is 251 g/mol. The van der Waals surface area contributed by atoms with Crippen molar-refractivity contribution in [3.8, 4) is 0 Å². The van der Waals surface area contributed by atoms with Gasteiger partial charge in [0.2, 0.25) is 5.76 Å². The number of furan rings is 1. The van der Waals surface area contributed by atoms with Crippen LogP contribution in [0.15, 0.2) is 27.4 Å². The topological polar surface area (TPSA) is 126 Å². The van der Waals surface area contributed by atoms with Crippen molar-refractivity contribution in [1.82, 2.24) is 0 Å². The number of ether oxygens (including phenoxy) is 1. The Bertz CT molecular complexity index is 539. The molecule has 0 aliphatic rings. The van der Waals surface area contributed by atoms with Crippen LogP contribution in [0, 0.1) is 0 Å². The molecule has 0 saturated heterocycles. The summed E-state index contributed by atoms with van der Waals surface area (Å²) in [6.07, 6.45) is 1.10. The zero-order valence-electron chi connectivity index (χ0n) is 9.36. The van der Waals surface area contributed by atoms with Crippen molar-refractivity contribution in [2.24, 2.45) is 5.11 Å². The van der Waals surface area contributed by atoms with Crippen molar-refractivity contribution < 1.29 is 23.8 Å². The van der Waals surface area contributed by atoms with E-state index in [1.54, 1.807) is 6.92 Å². The van der Waals surface area contributed by atoms with E-state index in [9.17, 15) is 9.59 Å². The molecule has 1 heterocycles. The molecule has 0 aliphatic carbocycles. The molecule has 0 amide bonds. The third-order valence-corrected chi connectivity index (χ3v) is 1.75. The summed E-state index contributed by atoms with van der Waals surface area (Å²) >= 11 is 0.